The monoisotopic (exact) mass is 194 g/mol. The summed E-state index contributed by atoms with van der Waals surface area (Å²) in [7, 11) is 0. The van der Waals surface area contributed by atoms with Gasteiger partial charge in [-0.05, 0) is 13.3 Å². The van der Waals surface area contributed by atoms with Gasteiger partial charge in [-0.15, -0.1) is 6.58 Å². The Hall–Kier alpha value is -1.31. The minimum atomic E-state index is -0.253. The van der Waals surface area contributed by atoms with Crippen LogP contribution in [0.15, 0.2) is 37.5 Å². The second-order valence-corrected chi connectivity index (χ2v) is 3.11. The van der Waals surface area contributed by atoms with Crippen LogP contribution in [0.25, 0.3) is 0 Å². The molecule has 0 aliphatic carbocycles. The fourth-order valence-corrected chi connectivity index (χ4v) is 1.16. The van der Waals surface area contributed by atoms with E-state index in [1.807, 2.05) is 19.1 Å². The van der Waals surface area contributed by atoms with Crippen molar-refractivity contribution in [3.8, 4) is 0 Å². The van der Waals surface area contributed by atoms with Crippen LogP contribution in [0, 0.1) is 5.92 Å². The van der Waals surface area contributed by atoms with Gasteiger partial charge < -0.3 is 4.74 Å². The van der Waals surface area contributed by atoms with Crippen LogP contribution < -0.4 is 0 Å². The third kappa shape index (κ3) is 5.36. The maximum Gasteiger partial charge on any atom is 0.302 e. The molecule has 0 fully saturated rings. The van der Waals surface area contributed by atoms with Gasteiger partial charge in [0.05, 0.1) is 0 Å². The van der Waals surface area contributed by atoms with Crippen LogP contribution in [0.3, 0.4) is 0 Å². The fourth-order valence-electron chi connectivity index (χ4n) is 1.16. The van der Waals surface area contributed by atoms with E-state index in [2.05, 4.69) is 13.2 Å². The van der Waals surface area contributed by atoms with E-state index in [0.29, 0.717) is 0 Å². The molecule has 0 aliphatic heterocycles. The van der Waals surface area contributed by atoms with Crippen LogP contribution in [0.4, 0.5) is 0 Å². The van der Waals surface area contributed by atoms with Gasteiger partial charge >= 0.3 is 5.97 Å². The molecule has 0 aliphatic rings. The number of allylic oxidation sites excluding steroid dienone is 3. The maximum absolute atomic E-state index is 10.7. The first-order valence-corrected chi connectivity index (χ1v) is 4.69. The molecule has 0 radical (unpaired) electrons. The minimum absolute atomic E-state index is 0.125. The first kappa shape index (κ1) is 12.7. The zero-order valence-corrected chi connectivity index (χ0v) is 8.90. The average Bonchev–Trinajstić information content (AvgIpc) is 2.11. The topological polar surface area (TPSA) is 26.3 Å². The Morgan fingerprint density at radius 1 is 1.50 bits per heavy atom. The highest BCUT2D eigenvalue weighted by Gasteiger charge is 2.14. The molecule has 2 nitrogen and oxygen atoms in total. The Morgan fingerprint density at radius 2 is 2.14 bits per heavy atom. The molecule has 2 atom stereocenters. The second-order valence-electron chi connectivity index (χ2n) is 3.11. The Bertz CT molecular complexity index is 228. The van der Waals surface area contributed by atoms with Gasteiger partial charge in [-0.1, -0.05) is 30.9 Å². The van der Waals surface area contributed by atoms with Crippen molar-refractivity contribution < 1.29 is 9.53 Å². The summed E-state index contributed by atoms with van der Waals surface area (Å²) < 4.78 is 5.06. The smallest absolute Gasteiger partial charge is 0.302 e. The van der Waals surface area contributed by atoms with Gasteiger partial charge in [0.1, 0.15) is 6.10 Å². The molecule has 0 aromatic heterocycles. The summed E-state index contributed by atoms with van der Waals surface area (Å²) in [6, 6.07) is 0. The molecule has 2 heteroatoms. The summed E-state index contributed by atoms with van der Waals surface area (Å²) in [5.74, 6) is -0.0906. The van der Waals surface area contributed by atoms with Gasteiger partial charge in [0.15, 0.2) is 0 Å². The van der Waals surface area contributed by atoms with Gasteiger partial charge in [-0.25, -0.2) is 0 Å². The molecule has 0 heterocycles. The molecule has 0 rings (SSSR count). The second kappa shape index (κ2) is 7.13. The van der Waals surface area contributed by atoms with E-state index in [0.717, 1.165) is 6.42 Å². The standard InChI is InChI=1S/C12H18O2/c1-5-7-8-9-12(6-2)10(3)14-11(4)13/h5-8,10,12H,1-2,9H2,3-4H3. The Morgan fingerprint density at radius 3 is 2.57 bits per heavy atom. The SMILES string of the molecule is C=CC=CCC(C=C)C(C)OC(C)=O. The van der Waals surface area contributed by atoms with Crippen LogP contribution in [0.5, 0.6) is 0 Å². The number of hydrogen-bond acceptors (Lipinski definition) is 2. The summed E-state index contributed by atoms with van der Waals surface area (Å²) in [5, 5.41) is 0. The number of rotatable bonds is 6. The maximum atomic E-state index is 10.7. The molecule has 0 saturated heterocycles. The van der Waals surface area contributed by atoms with Gasteiger partial charge in [-0.2, -0.15) is 0 Å². The molecule has 0 saturated carbocycles. The van der Waals surface area contributed by atoms with E-state index in [1.165, 1.54) is 6.92 Å². The van der Waals surface area contributed by atoms with Gasteiger partial charge in [0, 0.05) is 12.8 Å². The summed E-state index contributed by atoms with van der Waals surface area (Å²) in [5.41, 5.74) is 0. The quantitative estimate of drug-likeness (QED) is 0.369. The van der Waals surface area contributed by atoms with E-state index in [9.17, 15) is 4.79 Å². The molecule has 0 aromatic rings. The lowest BCUT2D eigenvalue weighted by Gasteiger charge is -2.18. The summed E-state index contributed by atoms with van der Waals surface area (Å²) in [6.45, 7) is 10.6. The number of hydrogen-bond donors (Lipinski definition) is 0. The van der Waals surface area contributed by atoms with E-state index in [4.69, 9.17) is 4.74 Å². The van der Waals surface area contributed by atoms with Crippen LogP contribution in [-0.4, -0.2) is 12.1 Å². The molecule has 78 valence electrons. The predicted octanol–water partition coefficient (Wildman–Crippen LogP) is 2.87. The fraction of sp³-hybridized carbons (Fsp3) is 0.417. The van der Waals surface area contributed by atoms with Crippen molar-refractivity contribution in [3.63, 3.8) is 0 Å². The molecule has 0 bridgehead atoms. The number of esters is 1. The summed E-state index contributed by atoms with van der Waals surface area (Å²) in [4.78, 5) is 10.7. The zero-order valence-electron chi connectivity index (χ0n) is 8.90. The summed E-state index contributed by atoms with van der Waals surface area (Å²) in [6.07, 6.45) is 8.07. The first-order valence-electron chi connectivity index (χ1n) is 4.69. The van der Waals surface area contributed by atoms with E-state index in [1.54, 1.807) is 12.2 Å². The average molecular weight is 194 g/mol. The molecule has 14 heavy (non-hydrogen) atoms. The lowest BCUT2D eigenvalue weighted by Crippen LogP contribution is -2.20. The van der Waals surface area contributed by atoms with Crippen molar-refractivity contribution >= 4 is 5.97 Å². The first-order chi connectivity index (χ1) is 6.61. The van der Waals surface area contributed by atoms with Crippen molar-refractivity contribution in [3.05, 3.63) is 37.5 Å². The Labute approximate surface area is 86.0 Å². The predicted molar refractivity (Wildman–Crippen MR) is 58.9 cm³/mol. The highest BCUT2D eigenvalue weighted by molar-refractivity contribution is 5.66. The highest BCUT2D eigenvalue weighted by Crippen LogP contribution is 2.14. The highest BCUT2D eigenvalue weighted by atomic mass is 16.5. The Kier molecular flexibility index (Phi) is 6.46. The Balaban J connectivity index is 4.10. The lowest BCUT2D eigenvalue weighted by molar-refractivity contribution is -0.147. The van der Waals surface area contributed by atoms with Crippen molar-refractivity contribution in [1.82, 2.24) is 0 Å². The number of carbonyl (C=O) groups is 1. The third-order valence-corrected chi connectivity index (χ3v) is 1.94. The van der Waals surface area contributed by atoms with Crippen molar-refractivity contribution in [2.24, 2.45) is 5.92 Å². The van der Waals surface area contributed by atoms with Crippen LogP contribution in [0.1, 0.15) is 20.3 Å². The number of carbonyl (C=O) groups excluding carboxylic acids is 1. The number of ether oxygens (including phenoxy) is 1. The van der Waals surface area contributed by atoms with Crippen LogP contribution >= 0.6 is 0 Å². The van der Waals surface area contributed by atoms with E-state index in [-0.39, 0.29) is 18.0 Å². The van der Waals surface area contributed by atoms with Crippen molar-refractivity contribution in [2.75, 3.05) is 0 Å². The van der Waals surface area contributed by atoms with Gasteiger partial charge in [-0.3, -0.25) is 4.79 Å². The summed E-state index contributed by atoms with van der Waals surface area (Å²) >= 11 is 0. The van der Waals surface area contributed by atoms with E-state index >= 15 is 0 Å². The largest absolute Gasteiger partial charge is 0.462 e. The molecule has 0 N–H and O–H groups in total. The van der Waals surface area contributed by atoms with E-state index < -0.39 is 0 Å². The lowest BCUT2D eigenvalue weighted by atomic mass is 9.99. The van der Waals surface area contributed by atoms with Crippen molar-refractivity contribution in [1.29, 1.82) is 0 Å². The minimum Gasteiger partial charge on any atom is -0.462 e. The molecule has 0 amide bonds. The van der Waals surface area contributed by atoms with Crippen LogP contribution in [-0.2, 0) is 9.53 Å². The zero-order chi connectivity index (χ0) is 11.0. The third-order valence-electron chi connectivity index (χ3n) is 1.94. The normalized spacial score (nSPS) is 14.7. The molecular formula is C12H18O2. The molecule has 0 aromatic carbocycles. The molecular weight excluding hydrogens is 176 g/mol. The van der Waals surface area contributed by atoms with Gasteiger partial charge in [0.2, 0.25) is 0 Å². The van der Waals surface area contributed by atoms with Crippen molar-refractivity contribution in [2.45, 2.75) is 26.4 Å². The van der Waals surface area contributed by atoms with Gasteiger partial charge in [0.25, 0.3) is 0 Å². The molecule has 0 spiro atoms. The van der Waals surface area contributed by atoms with Crippen LogP contribution in [0.2, 0.25) is 0 Å². The molecule has 2 unspecified atom stereocenters.